The molecule has 0 saturated heterocycles. The Morgan fingerprint density at radius 1 is 1.28 bits per heavy atom. The molecule has 0 aliphatic heterocycles. The second-order valence-electron chi connectivity index (χ2n) is 7.20. The van der Waals surface area contributed by atoms with Gasteiger partial charge in [-0.05, 0) is 62.3 Å². The SMILES string of the molecule is Cc1cc(F)cc(NC(=O)NC2CC(N(CC(=O)O)CC3CC3)C2)c1. The molecular formula is C18H24FN3O3. The van der Waals surface area contributed by atoms with Gasteiger partial charge in [0.05, 0.1) is 6.54 Å². The van der Waals surface area contributed by atoms with Crippen molar-refractivity contribution in [3.63, 3.8) is 0 Å². The van der Waals surface area contributed by atoms with Crippen molar-refractivity contribution in [2.75, 3.05) is 18.4 Å². The highest BCUT2D eigenvalue weighted by molar-refractivity contribution is 5.89. The molecule has 3 N–H and O–H groups in total. The Kier molecular flexibility index (Phi) is 5.22. The van der Waals surface area contributed by atoms with Gasteiger partial charge in [0.2, 0.25) is 0 Å². The first-order valence-electron chi connectivity index (χ1n) is 8.69. The number of nitrogens with one attached hydrogen (secondary N) is 2. The molecule has 0 bridgehead atoms. The standard InChI is InChI=1S/C18H24FN3O3/c1-11-4-13(19)6-14(5-11)20-18(25)21-15-7-16(8-15)22(10-17(23)24)9-12-2-3-12/h4-6,12,15-16H,2-3,7-10H2,1H3,(H,23,24)(H2,20,21,25). The number of nitrogens with zero attached hydrogens (tertiary/aromatic N) is 1. The highest BCUT2D eigenvalue weighted by Gasteiger charge is 2.37. The van der Waals surface area contributed by atoms with Crippen LogP contribution in [-0.2, 0) is 4.79 Å². The maximum absolute atomic E-state index is 13.3. The molecule has 2 aliphatic carbocycles. The van der Waals surface area contributed by atoms with Crippen LogP contribution in [0, 0.1) is 18.7 Å². The predicted molar refractivity (Wildman–Crippen MR) is 92.0 cm³/mol. The summed E-state index contributed by atoms with van der Waals surface area (Å²) < 4.78 is 13.3. The first kappa shape index (κ1) is 17.7. The van der Waals surface area contributed by atoms with E-state index in [9.17, 15) is 14.0 Å². The summed E-state index contributed by atoms with van der Waals surface area (Å²) in [7, 11) is 0. The number of amides is 2. The number of aryl methyl sites for hydroxylation is 1. The Labute approximate surface area is 146 Å². The number of anilines is 1. The number of rotatable bonds is 7. The van der Waals surface area contributed by atoms with Crippen LogP contribution in [0.3, 0.4) is 0 Å². The van der Waals surface area contributed by atoms with Crippen LogP contribution in [0.4, 0.5) is 14.9 Å². The number of hydrogen-bond acceptors (Lipinski definition) is 3. The summed E-state index contributed by atoms with van der Waals surface area (Å²) >= 11 is 0. The number of urea groups is 1. The van der Waals surface area contributed by atoms with Crippen LogP contribution in [0.15, 0.2) is 18.2 Å². The van der Waals surface area contributed by atoms with Gasteiger partial charge in [0.1, 0.15) is 5.82 Å². The van der Waals surface area contributed by atoms with Gasteiger partial charge in [-0.3, -0.25) is 9.69 Å². The summed E-state index contributed by atoms with van der Waals surface area (Å²) in [5, 5.41) is 14.6. The lowest BCUT2D eigenvalue weighted by molar-refractivity contribution is -0.139. The van der Waals surface area contributed by atoms with Gasteiger partial charge in [-0.2, -0.15) is 0 Å². The third-order valence-corrected chi connectivity index (χ3v) is 4.79. The normalized spacial score (nSPS) is 22.4. The highest BCUT2D eigenvalue weighted by atomic mass is 19.1. The lowest BCUT2D eigenvalue weighted by atomic mass is 9.85. The average molecular weight is 349 g/mol. The Hall–Kier alpha value is -2.15. The molecule has 7 heteroatoms. The molecule has 0 unspecified atom stereocenters. The molecule has 6 nitrogen and oxygen atoms in total. The van der Waals surface area contributed by atoms with Gasteiger partial charge in [0, 0.05) is 24.3 Å². The van der Waals surface area contributed by atoms with E-state index in [4.69, 9.17) is 5.11 Å². The molecule has 0 spiro atoms. The van der Waals surface area contributed by atoms with Gasteiger partial charge in [0.15, 0.2) is 0 Å². The largest absolute Gasteiger partial charge is 0.480 e. The number of carbonyl (C=O) groups is 2. The third-order valence-electron chi connectivity index (χ3n) is 4.79. The molecule has 0 radical (unpaired) electrons. The minimum atomic E-state index is -0.809. The molecule has 2 aliphatic rings. The number of hydrogen-bond donors (Lipinski definition) is 3. The maximum atomic E-state index is 13.3. The maximum Gasteiger partial charge on any atom is 0.319 e. The Balaban J connectivity index is 1.45. The van der Waals surface area contributed by atoms with Crippen molar-refractivity contribution in [3.05, 3.63) is 29.6 Å². The van der Waals surface area contributed by atoms with Gasteiger partial charge < -0.3 is 15.7 Å². The summed E-state index contributed by atoms with van der Waals surface area (Å²) in [6.07, 6.45) is 3.85. The van der Waals surface area contributed by atoms with Crippen LogP contribution in [0.1, 0.15) is 31.2 Å². The summed E-state index contributed by atoms with van der Waals surface area (Å²) in [6.45, 7) is 2.65. The second-order valence-corrected chi connectivity index (χ2v) is 7.20. The van der Waals surface area contributed by atoms with Crippen LogP contribution in [0.5, 0.6) is 0 Å². The van der Waals surface area contributed by atoms with Gasteiger partial charge in [0.25, 0.3) is 0 Å². The highest BCUT2D eigenvalue weighted by Crippen LogP contribution is 2.33. The number of benzene rings is 1. The van der Waals surface area contributed by atoms with E-state index >= 15 is 0 Å². The van der Waals surface area contributed by atoms with E-state index in [0.29, 0.717) is 11.6 Å². The van der Waals surface area contributed by atoms with Gasteiger partial charge in [-0.15, -0.1) is 0 Å². The Bertz CT molecular complexity index is 637. The van der Waals surface area contributed by atoms with Crippen LogP contribution < -0.4 is 10.6 Å². The van der Waals surface area contributed by atoms with Crippen LogP contribution in [0.2, 0.25) is 0 Å². The molecule has 25 heavy (non-hydrogen) atoms. The zero-order chi connectivity index (χ0) is 18.0. The molecule has 2 saturated carbocycles. The third kappa shape index (κ3) is 5.16. The molecule has 1 aromatic carbocycles. The summed E-state index contributed by atoms with van der Waals surface area (Å²) in [5.41, 5.74) is 1.16. The van der Waals surface area contributed by atoms with Crippen molar-refractivity contribution in [1.82, 2.24) is 10.2 Å². The predicted octanol–water partition coefficient (Wildman–Crippen LogP) is 2.58. The number of carboxylic acids is 1. The lowest BCUT2D eigenvalue weighted by Crippen LogP contribution is -2.55. The van der Waals surface area contributed by atoms with Crippen molar-refractivity contribution in [3.8, 4) is 0 Å². The second kappa shape index (κ2) is 7.39. The molecular weight excluding hydrogens is 325 g/mol. The number of carboxylic acid groups (broad SMARTS) is 1. The minimum Gasteiger partial charge on any atom is -0.480 e. The number of carbonyl (C=O) groups excluding carboxylic acids is 1. The van der Waals surface area contributed by atoms with E-state index < -0.39 is 5.97 Å². The molecule has 1 aromatic rings. The molecule has 3 rings (SSSR count). The molecule has 0 aromatic heterocycles. The molecule has 2 fully saturated rings. The van der Waals surface area contributed by atoms with Crippen LogP contribution >= 0.6 is 0 Å². The van der Waals surface area contributed by atoms with Gasteiger partial charge in [-0.1, -0.05) is 0 Å². The molecule has 136 valence electrons. The molecule has 0 atom stereocenters. The molecule has 0 heterocycles. The quantitative estimate of drug-likeness (QED) is 0.707. The monoisotopic (exact) mass is 349 g/mol. The van der Waals surface area contributed by atoms with Gasteiger partial charge >= 0.3 is 12.0 Å². The lowest BCUT2D eigenvalue weighted by Gasteiger charge is -2.42. The summed E-state index contributed by atoms with van der Waals surface area (Å²) in [6, 6.07) is 4.25. The van der Waals surface area contributed by atoms with Crippen molar-refractivity contribution < 1.29 is 19.1 Å². The van der Waals surface area contributed by atoms with Crippen molar-refractivity contribution >= 4 is 17.7 Å². The first-order valence-corrected chi connectivity index (χ1v) is 8.69. The van der Waals surface area contributed by atoms with Gasteiger partial charge in [-0.25, -0.2) is 9.18 Å². The smallest absolute Gasteiger partial charge is 0.319 e. The van der Waals surface area contributed by atoms with E-state index in [0.717, 1.165) is 24.9 Å². The minimum absolute atomic E-state index is 0.0233. The van der Waals surface area contributed by atoms with Crippen molar-refractivity contribution in [1.29, 1.82) is 0 Å². The average Bonchev–Trinajstić information content (AvgIpc) is 3.24. The zero-order valence-corrected chi connectivity index (χ0v) is 14.3. The van der Waals surface area contributed by atoms with E-state index in [1.54, 1.807) is 13.0 Å². The van der Waals surface area contributed by atoms with E-state index in [1.807, 2.05) is 4.90 Å². The Morgan fingerprint density at radius 2 is 2.00 bits per heavy atom. The van der Waals surface area contributed by atoms with E-state index in [2.05, 4.69) is 10.6 Å². The first-order chi connectivity index (χ1) is 11.9. The summed E-state index contributed by atoms with van der Waals surface area (Å²) in [5.74, 6) is -0.564. The fourth-order valence-corrected chi connectivity index (χ4v) is 3.31. The van der Waals surface area contributed by atoms with Crippen LogP contribution in [0.25, 0.3) is 0 Å². The zero-order valence-electron chi connectivity index (χ0n) is 14.3. The van der Waals surface area contributed by atoms with Crippen molar-refractivity contribution in [2.24, 2.45) is 5.92 Å². The fraction of sp³-hybridized carbons (Fsp3) is 0.556. The van der Waals surface area contributed by atoms with E-state index in [-0.39, 0.29) is 30.5 Å². The summed E-state index contributed by atoms with van der Waals surface area (Å²) in [4.78, 5) is 25.1. The topological polar surface area (TPSA) is 81.7 Å². The van der Waals surface area contributed by atoms with Crippen LogP contribution in [-0.4, -0.2) is 47.2 Å². The van der Waals surface area contributed by atoms with Crippen molar-refractivity contribution in [2.45, 2.75) is 44.7 Å². The molecule has 2 amide bonds. The number of halogens is 1. The number of aliphatic carboxylic acids is 1. The van der Waals surface area contributed by atoms with E-state index in [1.165, 1.54) is 25.0 Å². The fourth-order valence-electron chi connectivity index (χ4n) is 3.31. The Morgan fingerprint density at radius 3 is 2.60 bits per heavy atom.